The second-order valence-electron chi connectivity index (χ2n) is 10.5. The van der Waals surface area contributed by atoms with Gasteiger partial charge in [0.1, 0.15) is 19.8 Å². The Hall–Kier alpha value is -0.990. The summed E-state index contributed by atoms with van der Waals surface area (Å²) in [6.07, 6.45) is 15.1. The van der Waals surface area contributed by atoms with Crippen molar-refractivity contribution < 1.29 is 42.1 Å². The van der Waals surface area contributed by atoms with Crippen LogP contribution in [0.2, 0.25) is 0 Å². The predicted octanol–water partition coefficient (Wildman–Crippen LogP) is 5.15. The van der Waals surface area contributed by atoms with Crippen molar-refractivity contribution in [1.82, 2.24) is 0 Å². The maximum Gasteiger partial charge on any atom is 0.305 e. The van der Waals surface area contributed by atoms with Crippen LogP contribution < -0.4 is 4.89 Å². The van der Waals surface area contributed by atoms with Crippen LogP contribution in [0.3, 0.4) is 0 Å². The largest absolute Gasteiger partial charge is 0.756 e. The number of hydrogen-bond acceptors (Lipinski definition) is 8. The van der Waals surface area contributed by atoms with Crippen molar-refractivity contribution in [3.63, 3.8) is 0 Å². The van der Waals surface area contributed by atoms with Gasteiger partial charge in [-0.25, -0.2) is 0 Å². The summed E-state index contributed by atoms with van der Waals surface area (Å²) in [5.74, 6) is -1.03. The second kappa shape index (κ2) is 21.0. The van der Waals surface area contributed by atoms with Crippen molar-refractivity contribution in [2.75, 3.05) is 47.5 Å². The van der Waals surface area contributed by atoms with E-state index in [0.29, 0.717) is 11.0 Å². The molecular weight excluding hydrogens is 485 g/mol. The van der Waals surface area contributed by atoms with E-state index in [4.69, 9.17) is 18.5 Å². The highest BCUT2D eigenvalue weighted by Gasteiger charge is 2.20. The van der Waals surface area contributed by atoms with Gasteiger partial charge in [0.05, 0.1) is 27.7 Å². The minimum atomic E-state index is -4.56. The Labute approximate surface area is 219 Å². The molecule has 0 fully saturated rings. The van der Waals surface area contributed by atoms with Gasteiger partial charge in [-0.1, -0.05) is 84.0 Å². The van der Waals surface area contributed by atoms with E-state index in [1.165, 1.54) is 71.1 Å². The molecule has 0 aliphatic heterocycles. The first-order chi connectivity index (χ1) is 16.9. The summed E-state index contributed by atoms with van der Waals surface area (Å²) in [5.41, 5.74) is 0. The highest BCUT2D eigenvalue weighted by atomic mass is 31.2. The van der Waals surface area contributed by atoms with Crippen LogP contribution in [0.25, 0.3) is 0 Å². The first kappa shape index (κ1) is 35.0. The fraction of sp³-hybridized carbons (Fsp3) is 0.923. The van der Waals surface area contributed by atoms with Gasteiger partial charge < -0.3 is 27.9 Å². The Morgan fingerprint density at radius 3 is 1.78 bits per heavy atom. The summed E-state index contributed by atoms with van der Waals surface area (Å²) in [6.45, 7) is 3.13. The standard InChI is InChI=1S/C26H52NO8P/c1-6-7-8-9-10-11-12-13-14-15-16-17-18-19-26(29)32-22-25(35-24(2)28)23-34-36(30,31)33-21-20-27(3,4)5/h25H,6-23H2,1-5H3. The fourth-order valence-corrected chi connectivity index (χ4v) is 4.26. The van der Waals surface area contributed by atoms with E-state index in [0.717, 1.165) is 19.3 Å². The molecule has 0 saturated heterocycles. The lowest BCUT2D eigenvalue weighted by Gasteiger charge is -2.28. The Kier molecular flexibility index (Phi) is 20.4. The molecule has 0 saturated carbocycles. The maximum absolute atomic E-state index is 12.0. The first-order valence-corrected chi connectivity index (χ1v) is 15.1. The van der Waals surface area contributed by atoms with Gasteiger partial charge in [0, 0.05) is 13.3 Å². The van der Waals surface area contributed by atoms with Crippen molar-refractivity contribution in [2.45, 2.75) is 110 Å². The van der Waals surface area contributed by atoms with Gasteiger partial charge in [-0.2, -0.15) is 0 Å². The van der Waals surface area contributed by atoms with E-state index in [-0.39, 0.29) is 19.6 Å². The number of rotatable bonds is 24. The highest BCUT2D eigenvalue weighted by Crippen LogP contribution is 2.38. The van der Waals surface area contributed by atoms with E-state index >= 15 is 0 Å². The molecule has 0 aromatic carbocycles. The fourth-order valence-electron chi connectivity index (χ4n) is 3.53. The smallest absolute Gasteiger partial charge is 0.305 e. The van der Waals surface area contributed by atoms with Gasteiger partial charge in [0.2, 0.25) is 0 Å². The lowest BCUT2D eigenvalue weighted by atomic mass is 10.0. The Morgan fingerprint density at radius 1 is 0.806 bits per heavy atom. The number of phosphoric acid groups is 1. The number of ether oxygens (including phenoxy) is 2. The third-order valence-corrected chi connectivity index (χ3v) is 6.64. The zero-order valence-electron chi connectivity index (χ0n) is 23.5. The number of carbonyl (C=O) groups is 2. The summed E-state index contributed by atoms with van der Waals surface area (Å²) in [5, 5.41) is 0. The molecule has 0 spiro atoms. The molecule has 0 bridgehead atoms. The van der Waals surface area contributed by atoms with Crippen molar-refractivity contribution in [3.05, 3.63) is 0 Å². The molecule has 0 aliphatic rings. The van der Waals surface area contributed by atoms with Crippen LogP contribution in [0.4, 0.5) is 0 Å². The second-order valence-corrected chi connectivity index (χ2v) is 11.9. The molecule has 214 valence electrons. The van der Waals surface area contributed by atoms with Gasteiger partial charge in [0.15, 0.2) is 6.10 Å². The van der Waals surface area contributed by atoms with E-state index < -0.39 is 32.5 Å². The van der Waals surface area contributed by atoms with Crippen LogP contribution >= 0.6 is 7.82 Å². The number of hydrogen-bond donors (Lipinski definition) is 0. The average molecular weight is 538 g/mol. The molecule has 2 unspecified atom stereocenters. The molecule has 0 aromatic rings. The number of carbonyl (C=O) groups excluding carboxylic acids is 2. The van der Waals surface area contributed by atoms with Gasteiger partial charge in [-0.15, -0.1) is 0 Å². The van der Waals surface area contributed by atoms with Gasteiger partial charge in [-0.05, 0) is 6.42 Å². The third kappa shape index (κ3) is 24.7. The van der Waals surface area contributed by atoms with Crippen molar-refractivity contribution in [2.24, 2.45) is 0 Å². The monoisotopic (exact) mass is 537 g/mol. The summed E-state index contributed by atoms with van der Waals surface area (Å²) in [7, 11) is 1.16. The quantitative estimate of drug-likeness (QED) is 0.0719. The lowest BCUT2D eigenvalue weighted by Crippen LogP contribution is -2.37. The Bertz CT molecular complexity index is 624. The molecular formula is C26H52NO8P. The number of nitrogens with zero attached hydrogens (tertiary/aromatic N) is 1. The zero-order valence-corrected chi connectivity index (χ0v) is 24.4. The SMILES string of the molecule is CCCCCCCCCCCCCCCC(=O)OCC(COP(=O)([O-])OCC[N+](C)(C)C)OC(C)=O. The summed E-state index contributed by atoms with van der Waals surface area (Å²) >= 11 is 0. The number of unbranched alkanes of at least 4 members (excludes halogenated alkanes) is 12. The molecule has 0 heterocycles. The number of phosphoric ester groups is 1. The maximum atomic E-state index is 12.0. The molecule has 2 atom stereocenters. The van der Waals surface area contributed by atoms with E-state index in [1.807, 2.05) is 21.1 Å². The van der Waals surface area contributed by atoms with Crippen LogP contribution in [0.1, 0.15) is 104 Å². The summed E-state index contributed by atoms with van der Waals surface area (Å²) < 4.78 is 32.3. The van der Waals surface area contributed by atoms with Crippen LogP contribution in [0.15, 0.2) is 0 Å². The first-order valence-electron chi connectivity index (χ1n) is 13.7. The highest BCUT2D eigenvalue weighted by molar-refractivity contribution is 7.45. The minimum absolute atomic E-state index is 0.0311. The van der Waals surface area contributed by atoms with Crippen LogP contribution in [0, 0.1) is 0 Å². The van der Waals surface area contributed by atoms with E-state index in [9.17, 15) is 19.0 Å². The molecule has 0 rings (SSSR count). The van der Waals surface area contributed by atoms with Gasteiger partial charge in [0.25, 0.3) is 7.82 Å². The van der Waals surface area contributed by atoms with Crippen molar-refractivity contribution >= 4 is 19.8 Å². The molecule has 0 amide bonds. The predicted molar refractivity (Wildman–Crippen MR) is 139 cm³/mol. The van der Waals surface area contributed by atoms with Crippen LogP contribution in [-0.4, -0.2) is 70.0 Å². The molecule has 0 radical (unpaired) electrons. The lowest BCUT2D eigenvalue weighted by molar-refractivity contribution is -0.870. The molecule has 10 heteroatoms. The Morgan fingerprint density at radius 2 is 1.31 bits per heavy atom. The zero-order chi connectivity index (χ0) is 27.3. The van der Waals surface area contributed by atoms with Crippen LogP contribution in [0.5, 0.6) is 0 Å². The summed E-state index contributed by atoms with van der Waals surface area (Å²) in [6, 6.07) is 0. The van der Waals surface area contributed by atoms with Gasteiger partial charge in [-0.3, -0.25) is 14.2 Å². The van der Waals surface area contributed by atoms with Crippen molar-refractivity contribution in [1.29, 1.82) is 0 Å². The van der Waals surface area contributed by atoms with Gasteiger partial charge >= 0.3 is 11.9 Å². The molecule has 0 aliphatic carbocycles. The molecule has 9 nitrogen and oxygen atoms in total. The topological polar surface area (TPSA) is 111 Å². The number of esters is 2. The summed E-state index contributed by atoms with van der Waals surface area (Å²) in [4.78, 5) is 35.3. The third-order valence-electron chi connectivity index (χ3n) is 5.68. The normalized spacial score (nSPS) is 14.3. The molecule has 36 heavy (non-hydrogen) atoms. The number of quaternary nitrogens is 1. The van der Waals surface area contributed by atoms with E-state index in [1.54, 1.807) is 0 Å². The number of likely N-dealkylation sites (N-methyl/N-ethyl adjacent to an activating group) is 1. The minimum Gasteiger partial charge on any atom is -0.756 e. The molecule has 0 N–H and O–H groups in total. The Balaban J connectivity index is 3.95. The average Bonchev–Trinajstić information content (AvgIpc) is 2.77. The molecule has 0 aromatic heterocycles. The van der Waals surface area contributed by atoms with Crippen LogP contribution in [-0.2, 0) is 32.7 Å². The van der Waals surface area contributed by atoms with E-state index in [2.05, 4.69) is 6.92 Å². The van der Waals surface area contributed by atoms with Crippen molar-refractivity contribution in [3.8, 4) is 0 Å².